The summed E-state index contributed by atoms with van der Waals surface area (Å²) in [5.41, 5.74) is 2.28. The van der Waals surface area contributed by atoms with Crippen molar-refractivity contribution in [1.82, 2.24) is 15.5 Å². The van der Waals surface area contributed by atoms with Gasteiger partial charge in [-0.05, 0) is 13.0 Å². The van der Waals surface area contributed by atoms with Crippen LogP contribution in [0.25, 0.3) is 11.3 Å². The molecule has 1 aromatic heterocycles. The van der Waals surface area contributed by atoms with E-state index < -0.39 is 16.5 Å². The molecule has 0 atom stereocenters. The number of nitrogens with zero attached hydrogens (tertiary/aromatic N) is 3. The highest BCUT2D eigenvalue weighted by molar-refractivity contribution is 5.99. The van der Waals surface area contributed by atoms with Gasteiger partial charge in [-0.25, -0.2) is 0 Å². The Morgan fingerprint density at radius 2 is 1.72 bits per heavy atom. The van der Waals surface area contributed by atoms with E-state index in [0.717, 1.165) is 17.2 Å². The summed E-state index contributed by atoms with van der Waals surface area (Å²) in [6, 6.07) is 13.8. The number of nitrogens with one attached hydrogen (secondary N) is 1. The Morgan fingerprint density at radius 3 is 2.31 bits per heavy atom. The predicted octanol–water partition coefficient (Wildman–Crippen LogP) is 3.19. The number of hydrogen-bond donors (Lipinski definition) is 1. The van der Waals surface area contributed by atoms with E-state index in [0.29, 0.717) is 11.6 Å². The van der Waals surface area contributed by atoms with Gasteiger partial charge < -0.3 is 19.5 Å². The molecule has 1 N–H and O–H groups in total. The molecular weight excluding hydrogens is 416 g/mol. The lowest BCUT2D eigenvalue weighted by Crippen LogP contribution is -2.28. The molecule has 3 aromatic rings. The molecule has 0 aliphatic rings. The first-order valence-electron chi connectivity index (χ1n) is 9.65. The molecule has 0 aliphatic heterocycles. The van der Waals surface area contributed by atoms with Gasteiger partial charge in [0.15, 0.2) is 11.5 Å². The van der Waals surface area contributed by atoms with Gasteiger partial charge in [0.05, 0.1) is 37.4 Å². The maximum Gasteiger partial charge on any atom is 0.286 e. The third-order valence-corrected chi connectivity index (χ3v) is 4.57. The van der Waals surface area contributed by atoms with E-state index in [-0.39, 0.29) is 30.2 Å². The van der Waals surface area contributed by atoms with Gasteiger partial charge in [0.25, 0.3) is 11.6 Å². The van der Waals surface area contributed by atoms with Crippen LogP contribution in [-0.2, 0) is 0 Å². The number of aromatic nitrogens is 2. The summed E-state index contributed by atoms with van der Waals surface area (Å²) in [7, 11) is 2.74. The molecule has 32 heavy (non-hydrogen) atoms. The number of methoxy groups -OCH3 is 2. The molecular formula is C22H22N4O6. The van der Waals surface area contributed by atoms with Gasteiger partial charge in [-0.3, -0.25) is 14.9 Å². The van der Waals surface area contributed by atoms with E-state index in [9.17, 15) is 14.9 Å². The number of rotatable bonds is 9. The smallest absolute Gasteiger partial charge is 0.286 e. The SMILES string of the molecule is COc1cc(C(=O)NCCOc2ccc(-c3ccc(C)cc3)nn2)c([N+](=O)[O-])cc1OC. The summed E-state index contributed by atoms with van der Waals surface area (Å²) in [6.07, 6.45) is 0. The highest BCUT2D eigenvalue weighted by atomic mass is 16.6. The van der Waals surface area contributed by atoms with Gasteiger partial charge in [-0.1, -0.05) is 29.8 Å². The molecule has 1 amide bonds. The number of ether oxygens (including phenoxy) is 3. The van der Waals surface area contributed by atoms with Gasteiger partial charge >= 0.3 is 0 Å². The molecule has 0 saturated heterocycles. The van der Waals surface area contributed by atoms with E-state index in [2.05, 4.69) is 15.5 Å². The molecule has 1 heterocycles. The molecule has 3 rings (SSSR count). The Hall–Kier alpha value is -4.21. The fraction of sp³-hybridized carbons (Fsp3) is 0.227. The molecule has 166 valence electrons. The van der Waals surface area contributed by atoms with Crippen LogP contribution in [0.4, 0.5) is 5.69 Å². The molecule has 0 radical (unpaired) electrons. The molecule has 0 aliphatic carbocycles. The summed E-state index contributed by atoms with van der Waals surface area (Å²) in [5, 5.41) is 22.1. The first kappa shape index (κ1) is 22.5. The lowest BCUT2D eigenvalue weighted by atomic mass is 10.1. The second-order valence-corrected chi connectivity index (χ2v) is 6.71. The first-order chi connectivity index (χ1) is 15.4. The van der Waals surface area contributed by atoms with Crippen molar-refractivity contribution >= 4 is 11.6 Å². The van der Waals surface area contributed by atoms with Crippen LogP contribution in [0.2, 0.25) is 0 Å². The van der Waals surface area contributed by atoms with Crippen LogP contribution >= 0.6 is 0 Å². The van der Waals surface area contributed by atoms with Gasteiger partial charge in [0, 0.05) is 17.7 Å². The highest BCUT2D eigenvalue weighted by Gasteiger charge is 2.24. The fourth-order valence-electron chi connectivity index (χ4n) is 2.89. The number of amides is 1. The standard InChI is InChI=1S/C22H22N4O6/c1-14-4-6-15(7-5-14)17-8-9-21(25-24-17)32-11-10-23-22(27)16-12-19(30-2)20(31-3)13-18(16)26(28)29/h4-9,12-13H,10-11H2,1-3H3,(H,23,27). The van der Waals surface area contributed by atoms with Gasteiger partial charge in [-0.2, -0.15) is 0 Å². The van der Waals surface area contributed by atoms with E-state index in [1.54, 1.807) is 12.1 Å². The Bertz CT molecular complexity index is 1100. The summed E-state index contributed by atoms with van der Waals surface area (Å²) >= 11 is 0. The fourth-order valence-corrected chi connectivity index (χ4v) is 2.89. The zero-order valence-corrected chi connectivity index (χ0v) is 17.8. The first-order valence-corrected chi connectivity index (χ1v) is 9.65. The Balaban J connectivity index is 1.58. The monoisotopic (exact) mass is 438 g/mol. The summed E-state index contributed by atoms with van der Waals surface area (Å²) in [6.45, 7) is 2.21. The minimum Gasteiger partial charge on any atom is -0.493 e. The molecule has 10 heteroatoms. The molecule has 0 saturated carbocycles. The van der Waals surface area contributed by atoms with Crippen LogP contribution in [0.3, 0.4) is 0 Å². The van der Waals surface area contributed by atoms with Crippen molar-refractivity contribution in [3.8, 4) is 28.6 Å². The van der Waals surface area contributed by atoms with Gasteiger partial charge in [0.2, 0.25) is 5.88 Å². The second-order valence-electron chi connectivity index (χ2n) is 6.71. The predicted molar refractivity (Wildman–Crippen MR) is 116 cm³/mol. The number of benzene rings is 2. The third-order valence-electron chi connectivity index (χ3n) is 4.57. The molecule has 2 aromatic carbocycles. The molecule has 0 unspecified atom stereocenters. The number of nitro benzene ring substituents is 1. The third kappa shape index (κ3) is 5.28. The Labute approximate surface area is 184 Å². The number of carbonyl (C=O) groups excluding carboxylic acids is 1. The average Bonchev–Trinajstić information content (AvgIpc) is 2.81. The normalized spacial score (nSPS) is 10.3. The number of carbonyl (C=O) groups is 1. The van der Waals surface area contributed by atoms with E-state index in [1.807, 2.05) is 31.2 Å². The van der Waals surface area contributed by atoms with Gasteiger partial charge in [-0.15, -0.1) is 10.2 Å². The largest absolute Gasteiger partial charge is 0.493 e. The quantitative estimate of drug-likeness (QED) is 0.307. The number of hydrogen-bond acceptors (Lipinski definition) is 8. The van der Waals surface area contributed by atoms with Crippen LogP contribution in [0, 0.1) is 17.0 Å². The maximum absolute atomic E-state index is 12.5. The molecule has 0 fully saturated rings. The summed E-state index contributed by atoms with van der Waals surface area (Å²) in [4.78, 5) is 23.2. The van der Waals surface area contributed by atoms with Crippen molar-refractivity contribution in [2.45, 2.75) is 6.92 Å². The van der Waals surface area contributed by atoms with Crippen molar-refractivity contribution in [3.05, 3.63) is 69.8 Å². The highest BCUT2D eigenvalue weighted by Crippen LogP contribution is 2.34. The van der Waals surface area contributed by atoms with Crippen LogP contribution in [0.5, 0.6) is 17.4 Å². The lowest BCUT2D eigenvalue weighted by Gasteiger charge is -2.11. The van der Waals surface area contributed by atoms with Crippen molar-refractivity contribution in [2.24, 2.45) is 0 Å². The zero-order valence-electron chi connectivity index (χ0n) is 17.8. The molecule has 0 spiro atoms. The van der Waals surface area contributed by atoms with Crippen LogP contribution in [-0.4, -0.2) is 48.4 Å². The second kappa shape index (κ2) is 10.2. The Kier molecular flexibility index (Phi) is 7.17. The number of aryl methyl sites for hydroxylation is 1. The van der Waals surface area contributed by atoms with Crippen LogP contribution < -0.4 is 19.5 Å². The average molecular weight is 438 g/mol. The lowest BCUT2D eigenvalue weighted by molar-refractivity contribution is -0.385. The van der Waals surface area contributed by atoms with Crippen molar-refractivity contribution in [1.29, 1.82) is 0 Å². The summed E-state index contributed by atoms with van der Waals surface area (Å²) < 4.78 is 15.7. The van der Waals surface area contributed by atoms with Crippen molar-refractivity contribution in [2.75, 3.05) is 27.4 Å². The minimum atomic E-state index is -0.654. The topological polar surface area (TPSA) is 126 Å². The van der Waals surface area contributed by atoms with Crippen LogP contribution in [0.15, 0.2) is 48.5 Å². The van der Waals surface area contributed by atoms with Crippen molar-refractivity contribution in [3.63, 3.8) is 0 Å². The Morgan fingerprint density at radius 1 is 1.03 bits per heavy atom. The number of nitro groups is 1. The maximum atomic E-state index is 12.5. The summed E-state index contributed by atoms with van der Waals surface area (Å²) in [5.74, 6) is 0.0319. The van der Waals surface area contributed by atoms with Crippen LogP contribution in [0.1, 0.15) is 15.9 Å². The van der Waals surface area contributed by atoms with Crippen molar-refractivity contribution < 1.29 is 23.9 Å². The zero-order chi connectivity index (χ0) is 23.1. The van der Waals surface area contributed by atoms with Gasteiger partial charge in [0.1, 0.15) is 12.2 Å². The molecule has 10 nitrogen and oxygen atoms in total. The van der Waals surface area contributed by atoms with E-state index in [4.69, 9.17) is 14.2 Å². The van der Waals surface area contributed by atoms with E-state index in [1.165, 1.54) is 20.3 Å². The molecule has 0 bridgehead atoms. The minimum absolute atomic E-state index is 0.103. The van der Waals surface area contributed by atoms with E-state index >= 15 is 0 Å².